The van der Waals surface area contributed by atoms with Gasteiger partial charge in [-0.1, -0.05) is 17.3 Å². The van der Waals surface area contributed by atoms with Crippen molar-refractivity contribution in [2.24, 2.45) is 5.16 Å². The minimum Gasteiger partial charge on any atom is -0.465 e. The number of carbonyl (C=O) groups excluding carboxylic acids is 2. The van der Waals surface area contributed by atoms with E-state index in [4.69, 9.17) is 19.0 Å². The molecule has 3 rings (SSSR count). The predicted molar refractivity (Wildman–Crippen MR) is 98.3 cm³/mol. The van der Waals surface area contributed by atoms with Gasteiger partial charge in [-0.2, -0.15) is 0 Å². The molecule has 1 aliphatic heterocycles. The van der Waals surface area contributed by atoms with Crippen molar-refractivity contribution in [1.29, 1.82) is 0 Å². The third-order valence-corrected chi connectivity index (χ3v) is 3.95. The van der Waals surface area contributed by atoms with Gasteiger partial charge in [0, 0.05) is 5.56 Å². The molecule has 0 fully saturated rings. The van der Waals surface area contributed by atoms with Crippen molar-refractivity contribution in [3.8, 4) is 11.5 Å². The molecule has 0 radical (unpaired) electrons. The first kappa shape index (κ1) is 19.2. The number of hydrogen-bond donors (Lipinski definition) is 0. The summed E-state index contributed by atoms with van der Waals surface area (Å²) < 4.78 is 20.3. The average molecular weight is 385 g/mol. The minimum atomic E-state index is -0.556. The Morgan fingerprint density at radius 2 is 1.75 bits per heavy atom. The van der Waals surface area contributed by atoms with Crippen molar-refractivity contribution in [3.63, 3.8) is 0 Å². The molecule has 0 saturated heterocycles. The first-order chi connectivity index (χ1) is 13.6. The summed E-state index contributed by atoms with van der Waals surface area (Å²) in [6.45, 7) is 1.70. The highest BCUT2D eigenvalue weighted by Gasteiger charge is 2.14. The molecule has 0 aromatic heterocycles. The van der Waals surface area contributed by atoms with Crippen molar-refractivity contribution < 1.29 is 33.4 Å². The number of carbonyl (C=O) groups is 2. The summed E-state index contributed by atoms with van der Waals surface area (Å²) in [5.41, 5.74) is 2.54. The second kappa shape index (κ2) is 8.90. The highest BCUT2D eigenvalue weighted by molar-refractivity contribution is 5.99. The molecular weight excluding hydrogens is 366 g/mol. The van der Waals surface area contributed by atoms with Gasteiger partial charge >= 0.3 is 11.9 Å². The fraction of sp³-hybridized carbons (Fsp3) is 0.250. The van der Waals surface area contributed by atoms with Gasteiger partial charge in [0.25, 0.3) is 0 Å². The molecule has 1 heterocycles. The lowest BCUT2D eigenvalue weighted by Crippen LogP contribution is -2.11. The van der Waals surface area contributed by atoms with E-state index in [1.54, 1.807) is 43.3 Å². The van der Waals surface area contributed by atoms with Crippen LogP contribution in [0.3, 0.4) is 0 Å². The molecule has 8 nitrogen and oxygen atoms in total. The van der Waals surface area contributed by atoms with E-state index in [-0.39, 0.29) is 20.0 Å². The largest absolute Gasteiger partial charge is 0.465 e. The summed E-state index contributed by atoms with van der Waals surface area (Å²) in [6.07, 6.45) is 0. The van der Waals surface area contributed by atoms with Gasteiger partial charge in [0.1, 0.15) is 6.61 Å². The Kier molecular flexibility index (Phi) is 6.11. The Balaban J connectivity index is 1.45. The molecule has 2 aromatic rings. The molecule has 0 bridgehead atoms. The lowest BCUT2D eigenvalue weighted by molar-refractivity contribution is -0.150. The van der Waals surface area contributed by atoms with Crippen molar-refractivity contribution in [3.05, 3.63) is 59.2 Å². The smallest absolute Gasteiger partial charge is 0.347 e. The van der Waals surface area contributed by atoms with Gasteiger partial charge in [-0.05, 0) is 42.8 Å². The Bertz CT molecular complexity index is 890. The maximum atomic E-state index is 11.8. The molecule has 2 aromatic carbocycles. The van der Waals surface area contributed by atoms with Gasteiger partial charge < -0.3 is 23.8 Å². The molecule has 0 atom stereocenters. The zero-order valence-electron chi connectivity index (χ0n) is 15.5. The molecule has 28 heavy (non-hydrogen) atoms. The van der Waals surface area contributed by atoms with Crippen LogP contribution in [-0.2, 0) is 25.7 Å². The molecule has 0 unspecified atom stereocenters. The van der Waals surface area contributed by atoms with Gasteiger partial charge in [0.05, 0.1) is 18.4 Å². The fourth-order valence-corrected chi connectivity index (χ4v) is 2.42. The van der Waals surface area contributed by atoms with Crippen LogP contribution >= 0.6 is 0 Å². The van der Waals surface area contributed by atoms with Crippen LogP contribution in [0.4, 0.5) is 0 Å². The first-order valence-corrected chi connectivity index (χ1v) is 8.46. The van der Waals surface area contributed by atoms with Gasteiger partial charge in [-0.3, -0.25) is 0 Å². The van der Waals surface area contributed by atoms with Gasteiger partial charge in [-0.25, -0.2) is 9.59 Å². The highest BCUT2D eigenvalue weighted by Crippen LogP contribution is 2.32. The third kappa shape index (κ3) is 4.79. The van der Waals surface area contributed by atoms with Crippen LogP contribution in [-0.4, -0.2) is 38.2 Å². The summed E-state index contributed by atoms with van der Waals surface area (Å²) in [5, 5.41) is 3.92. The molecular formula is C20H19NO7. The molecule has 0 saturated carbocycles. The first-order valence-electron chi connectivity index (χ1n) is 8.46. The van der Waals surface area contributed by atoms with E-state index in [2.05, 4.69) is 9.89 Å². The van der Waals surface area contributed by atoms with Crippen molar-refractivity contribution in [2.75, 3.05) is 20.5 Å². The average Bonchev–Trinajstić information content (AvgIpc) is 3.19. The molecule has 0 N–H and O–H groups in total. The molecule has 146 valence electrons. The Morgan fingerprint density at radius 1 is 1.04 bits per heavy atom. The standard InChI is InChI=1S/C20H19NO7/c1-13(16-7-8-17-18(9-16)27-12-26-17)21-28-11-19(22)25-10-14-3-5-15(6-4-14)20(23)24-2/h3-9H,10-12H2,1-2H3/b21-13-. The summed E-state index contributed by atoms with van der Waals surface area (Å²) in [4.78, 5) is 28.2. The van der Waals surface area contributed by atoms with Crippen molar-refractivity contribution in [2.45, 2.75) is 13.5 Å². The lowest BCUT2D eigenvalue weighted by atomic mass is 10.1. The van der Waals surface area contributed by atoms with E-state index in [9.17, 15) is 9.59 Å². The monoisotopic (exact) mass is 385 g/mol. The van der Waals surface area contributed by atoms with E-state index < -0.39 is 11.9 Å². The van der Waals surface area contributed by atoms with Gasteiger partial charge in [0.15, 0.2) is 11.5 Å². The topological polar surface area (TPSA) is 92.7 Å². The Labute approximate surface area is 161 Å². The molecule has 0 aliphatic carbocycles. The zero-order valence-corrected chi connectivity index (χ0v) is 15.5. The van der Waals surface area contributed by atoms with Crippen LogP contribution in [0.2, 0.25) is 0 Å². The third-order valence-electron chi connectivity index (χ3n) is 3.95. The number of nitrogens with zero attached hydrogens (tertiary/aromatic N) is 1. The van der Waals surface area contributed by atoms with E-state index in [1.165, 1.54) is 7.11 Å². The lowest BCUT2D eigenvalue weighted by Gasteiger charge is -2.06. The molecule has 8 heteroatoms. The maximum Gasteiger partial charge on any atom is 0.347 e. The highest BCUT2D eigenvalue weighted by atomic mass is 16.7. The van der Waals surface area contributed by atoms with Crippen LogP contribution in [0.25, 0.3) is 0 Å². The van der Waals surface area contributed by atoms with Crippen LogP contribution in [0.1, 0.15) is 28.4 Å². The van der Waals surface area contributed by atoms with Crippen molar-refractivity contribution in [1.82, 2.24) is 0 Å². The normalized spacial score (nSPS) is 12.4. The second-order valence-electron chi connectivity index (χ2n) is 5.87. The summed E-state index contributed by atoms with van der Waals surface area (Å²) in [6, 6.07) is 12.0. The fourth-order valence-electron chi connectivity index (χ4n) is 2.42. The number of benzene rings is 2. The molecule has 0 spiro atoms. The SMILES string of the molecule is COC(=O)c1ccc(COC(=O)CO/N=C(/C)c2ccc3c(c2)OCO3)cc1. The van der Waals surface area contributed by atoms with Gasteiger partial charge in [-0.15, -0.1) is 0 Å². The summed E-state index contributed by atoms with van der Waals surface area (Å²) in [5.74, 6) is 0.345. The maximum absolute atomic E-state index is 11.8. The zero-order chi connectivity index (χ0) is 19.9. The number of fused-ring (bicyclic) bond motifs is 1. The number of methoxy groups -OCH3 is 1. The second-order valence-corrected chi connectivity index (χ2v) is 5.87. The number of rotatable bonds is 7. The summed E-state index contributed by atoms with van der Waals surface area (Å²) in [7, 11) is 1.31. The van der Waals surface area contributed by atoms with Crippen LogP contribution in [0.15, 0.2) is 47.6 Å². The number of esters is 2. The van der Waals surface area contributed by atoms with E-state index in [0.717, 1.165) is 11.1 Å². The molecule has 0 amide bonds. The summed E-state index contributed by atoms with van der Waals surface area (Å²) >= 11 is 0. The quantitative estimate of drug-likeness (QED) is 0.411. The van der Waals surface area contributed by atoms with E-state index >= 15 is 0 Å². The number of oxime groups is 1. The Morgan fingerprint density at radius 3 is 2.50 bits per heavy atom. The Hall–Kier alpha value is -3.55. The van der Waals surface area contributed by atoms with E-state index in [1.807, 2.05) is 6.07 Å². The number of ether oxygens (including phenoxy) is 4. The van der Waals surface area contributed by atoms with Crippen LogP contribution in [0, 0.1) is 0 Å². The van der Waals surface area contributed by atoms with E-state index in [0.29, 0.717) is 22.8 Å². The molecule has 1 aliphatic rings. The van der Waals surface area contributed by atoms with Crippen LogP contribution < -0.4 is 9.47 Å². The minimum absolute atomic E-state index is 0.0640. The van der Waals surface area contributed by atoms with Crippen molar-refractivity contribution >= 4 is 17.7 Å². The number of hydrogen-bond acceptors (Lipinski definition) is 8. The predicted octanol–water partition coefficient (Wildman–Crippen LogP) is 2.69. The van der Waals surface area contributed by atoms with Crippen LogP contribution in [0.5, 0.6) is 11.5 Å². The van der Waals surface area contributed by atoms with Gasteiger partial charge in [0.2, 0.25) is 13.4 Å².